The van der Waals surface area contributed by atoms with Crippen molar-refractivity contribution < 1.29 is 0 Å². The molecule has 56 valence electrons. The van der Waals surface area contributed by atoms with Gasteiger partial charge in [-0.25, -0.2) is 9.97 Å². The molecule has 0 aliphatic carbocycles. The maximum atomic E-state index is 4.16. The Morgan fingerprint density at radius 3 is 3.00 bits per heavy atom. The Morgan fingerprint density at radius 2 is 2.36 bits per heavy atom. The Labute approximate surface area is 70.5 Å². The van der Waals surface area contributed by atoms with Crippen molar-refractivity contribution in [1.82, 2.24) is 9.97 Å². The van der Waals surface area contributed by atoms with Gasteiger partial charge in [0, 0.05) is 6.20 Å². The zero-order valence-electron chi connectivity index (χ0n) is 6.46. The van der Waals surface area contributed by atoms with Crippen molar-refractivity contribution in [2.75, 3.05) is 6.26 Å². The molecule has 0 aromatic carbocycles. The van der Waals surface area contributed by atoms with Gasteiger partial charge in [0.1, 0.15) is 5.69 Å². The molecule has 0 unspecified atom stereocenters. The van der Waals surface area contributed by atoms with E-state index >= 15 is 0 Å². The summed E-state index contributed by atoms with van der Waals surface area (Å²) in [6.45, 7) is 1.79. The highest BCUT2D eigenvalue weighted by Crippen LogP contribution is 2.06. The summed E-state index contributed by atoms with van der Waals surface area (Å²) in [4.78, 5) is 8.18. The molecule has 1 aromatic heterocycles. The smallest absolute Gasteiger partial charge is 0.188 e. The van der Waals surface area contributed by atoms with Crippen LogP contribution in [0.25, 0.3) is 0 Å². The van der Waals surface area contributed by atoms with Gasteiger partial charge in [-0.15, -0.1) is 0 Å². The average Bonchev–Trinajstić information content (AvgIpc) is 2.06. The molecule has 0 spiro atoms. The summed E-state index contributed by atoms with van der Waals surface area (Å²) in [5.41, 5.74) is 0.784. The fourth-order valence-electron chi connectivity index (χ4n) is 0.637. The second-order valence-corrected chi connectivity index (χ2v) is 2.58. The highest BCUT2D eigenvalue weighted by atomic mass is 32.2. The van der Waals surface area contributed by atoms with Crippen LogP contribution in [0, 0.1) is 11.8 Å². The van der Waals surface area contributed by atoms with Crippen molar-refractivity contribution in [2.45, 2.75) is 12.1 Å². The van der Waals surface area contributed by atoms with E-state index < -0.39 is 0 Å². The minimum Gasteiger partial charge on any atom is -0.231 e. The molecule has 0 saturated carbocycles. The predicted octanol–water partition coefficient (Wildman–Crippen LogP) is 1.57. The van der Waals surface area contributed by atoms with Crippen LogP contribution in [0.15, 0.2) is 17.4 Å². The van der Waals surface area contributed by atoms with Crippen LogP contribution in [-0.2, 0) is 0 Å². The van der Waals surface area contributed by atoms with E-state index in [2.05, 4.69) is 21.8 Å². The first kappa shape index (κ1) is 8.09. The third-order valence-electron chi connectivity index (χ3n) is 1.07. The Kier molecular flexibility index (Phi) is 2.94. The van der Waals surface area contributed by atoms with Crippen molar-refractivity contribution >= 4 is 11.8 Å². The first-order valence-corrected chi connectivity index (χ1v) is 4.39. The molecule has 1 aromatic rings. The van der Waals surface area contributed by atoms with Gasteiger partial charge in [0.15, 0.2) is 5.16 Å². The van der Waals surface area contributed by atoms with Crippen LogP contribution in [0.5, 0.6) is 0 Å². The van der Waals surface area contributed by atoms with Gasteiger partial charge in [-0.2, -0.15) is 0 Å². The Bertz CT molecular complexity index is 298. The number of hydrogen-bond acceptors (Lipinski definition) is 3. The van der Waals surface area contributed by atoms with Crippen LogP contribution in [0.3, 0.4) is 0 Å². The SMILES string of the molecule is CC#Cc1ccnc(SC)n1. The molecule has 0 amide bonds. The highest BCUT2D eigenvalue weighted by molar-refractivity contribution is 7.98. The fourth-order valence-corrected chi connectivity index (χ4v) is 0.993. The maximum Gasteiger partial charge on any atom is 0.188 e. The number of nitrogens with zero attached hydrogens (tertiary/aromatic N) is 2. The molecular weight excluding hydrogens is 156 g/mol. The van der Waals surface area contributed by atoms with Crippen LogP contribution >= 0.6 is 11.8 Å². The molecule has 0 N–H and O–H groups in total. The van der Waals surface area contributed by atoms with E-state index in [9.17, 15) is 0 Å². The van der Waals surface area contributed by atoms with Crippen molar-refractivity contribution in [3.8, 4) is 11.8 Å². The van der Waals surface area contributed by atoms with Gasteiger partial charge >= 0.3 is 0 Å². The lowest BCUT2D eigenvalue weighted by atomic mass is 10.4. The largest absolute Gasteiger partial charge is 0.231 e. The van der Waals surface area contributed by atoms with Gasteiger partial charge in [0.2, 0.25) is 0 Å². The molecule has 0 radical (unpaired) electrons. The molecule has 0 atom stereocenters. The summed E-state index contributed by atoms with van der Waals surface area (Å²) in [7, 11) is 0. The van der Waals surface area contributed by atoms with Crippen LogP contribution in [0.2, 0.25) is 0 Å². The third-order valence-corrected chi connectivity index (χ3v) is 1.63. The monoisotopic (exact) mass is 164 g/mol. The van der Waals surface area contributed by atoms with Crippen molar-refractivity contribution in [3.05, 3.63) is 18.0 Å². The summed E-state index contributed by atoms with van der Waals surface area (Å²) < 4.78 is 0. The molecule has 1 rings (SSSR count). The van der Waals surface area contributed by atoms with Crippen LogP contribution in [0.4, 0.5) is 0 Å². The standard InChI is InChI=1S/C8H8N2S/c1-3-4-7-5-6-9-8(10-7)11-2/h5-6H,1-2H3. The van der Waals surface area contributed by atoms with E-state index in [-0.39, 0.29) is 0 Å². The number of thioether (sulfide) groups is 1. The number of rotatable bonds is 1. The van der Waals surface area contributed by atoms with Gasteiger partial charge in [-0.1, -0.05) is 17.7 Å². The summed E-state index contributed by atoms with van der Waals surface area (Å²) in [5, 5.41) is 0.769. The molecule has 1 heterocycles. The Hall–Kier alpha value is -1.01. The van der Waals surface area contributed by atoms with E-state index in [1.165, 1.54) is 11.8 Å². The van der Waals surface area contributed by atoms with Gasteiger partial charge in [0.05, 0.1) is 0 Å². The van der Waals surface area contributed by atoms with E-state index in [0.717, 1.165) is 10.9 Å². The minimum atomic E-state index is 0.769. The highest BCUT2D eigenvalue weighted by Gasteiger charge is 1.92. The lowest BCUT2D eigenvalue weighted by molar-refractivity contribution is 0.958. The normalized spacial score (nSPS) is 8.55. The summed E-state index contributed by atoms with van der Waals surface area (Å²) in [6.07, 6.45) is 3.66. The van der Waals surface area contributed by atoms with E-state index in [4.69, 9.17) is 0 Å². The topological polar surface area (TPSA) is 25.8 Å². The zero-order chi connectivity index (χ0) is 8.10. The zero-order valence-corrected chi connectivity index (χ0v) is 7.27. The summed E-state index contributed by atoms with van der Waals surface area (Å²) >= 11 is 1.52. The minimum absolute atomic E-state index is 0.769. The maximum absolute atomic E-state index is 4.16. The van der Waals surface area contributed by atoms with Gasteiger partial charge in [-0.05, 0) is 25.2 Å². The number of hydrogen-bond donors (Lipinski definition) is 0. The van der Waals surface area contributed by atoms with E-state index in [0.29, 0.717) is 0 Å². The van der Waals surface area contributed by atoms with Gasteiger partial charge < -0.3 is 0 Å². The first-order chi connectivity index (χ1) is 5.36. The molecule has 0 saturated heterocycles. The van der Waals surface area contributed by atoms with Crippen LogP contribution in [-0.4, -0.2) is 16.2 Å². The van der Waals surface area contributed by atoms with Crippen LogP contribution < -0.4 is 0 Å². The Balaban J connectivity index is 2.97. The second-order valence-electron chi connectivity index (χ2n) is 1.80. The lowest BCUT2D eigenvalue weighted by Crippen LogP contribution is -1.87. The molecule has 3 heteroatoms. The predicted molar refractivity (Wildman–Crippen MR) is 46.4 cm³/mol. The van der Waals surface area contributed by atoms with E-state index in [1.54, 1.807) is 19.2 Å². The molecule has 2 nitrogen and oxygen atoms in total. The lowest BCUT2D eigenvalue weighted by Gasteiger charge is -1.92. The van der Waals surface area contributed by atoms with Gasteiger partial charge in [-0.3, -0.25) is 0 Å². The molecule has 0 aliphatic rings. The average molecular weight is 164 g/mol. The quantitative estimate of drug-likeness (QED) is 0.358. The summed E-state index contributed by atoms with van der Waals surface area (Å²) in [6, 6.07) is 1.80. The molecular formula is C8H8N2S. The fraction of sp³-hybridized carbons (Fsp3) is 0.250. The van der Waals surface area contributed by atoms with Crippen molar-refractivity contribution in [2.24, 2.45) is 0 Å². The molecule has 0 aliphatic heterocycles. The molecule has 0 fully saturated rings. The molecule has 0 bridgehead atoms. The van der Waals surface area contributed by atoms with Crippen LogP contribution in [0.1, 0.15) is 12.6 Å². The number of aromatic nitrogens is 2. The third kappa shape index (κ3) is 2.24. The Morgan fingerprint density at radius 1 is 1.55 bits per heavy atom. The second kappa shape index (κ2) is 3.99. The van der Waals surface area contributed by atoms with E-state index in [1.807, 2.05) is 6.26 Å². The molecule has 11 heavy (non-hydrogen) atoms. The van der Waals surface area contributed by atoms with Gasteiger partial charge in [0.25, 0.3) is 0 Å². The van der Waals surface area contributed by atoms with Crippen molar-refractivity contribution in [3.63, 3.8) is 0 Å². The van der Waals surface area contributed by atoms with Crippen molar-refractivity contribution in [1.29, 1.82) is 0 Å². The summed E-state index contributed by atoms with van der Waals surface area (Å²) in [5.74, 6) is 5.65. The first-order valence-electron chi connectivity index (χ1n) is 3.16.